The fraction of sp³-hybridized carbons (Fsp3) is 0.217. The summed E-state index contributed by atoms with van der Waals surface area (Å²) in [6, 6.07) is 14.1. The van der Waals surface area contributed by atoms with Crippen molar-refractivity contribution in [3.05, 3.63) is 76.4 Å². The maximum atomic E-state index is 12.5. The molecule has 2 aromatic heterocycles. The van der Waals surface area contributed by atoms with E-state index in [9.17, 15) is 4.79 Å². The van der Waals surface area contributed by atoms with E-state index in [-0.39, 0.29) is 18.3 Å². The van der Waals surface area contributed by atoms with Gasteiger partial charge in [0.2, 0.25) is 5.91 Å². The summed E-state index contributed by atoms with van der Waals surface area (Å²) in [4.78, 5) is 18.1. The van der Waals surface area contributed by atoms with Crippen LogP contribution in [0.2, 0.25) is 0 Å². The van der Waals surface area contributed by atoms with Crippen molar-refractivity contribution >= 4 is 34.6 Å². The summed E-state index contributed by atoms with van der Waals surface area (Å²) in [5, 5.41) is 4.98. The smallest absolute Gasteiger partial charge is 0.226 e. The van der Waals surface area contributed by atoms with Crippen LogP contribution in [0.15, 0.2) is 54.0 Å². The molecule has 0 aliphatic rings. The van der Waals surface area contributed by atoms with Crippen LogP contribution in [0.25, 0.3) is 16.2 Å². The maximum Gasteiger partial charge on any atom is 0.226 e. The maximum absolute atomic E-state index is 12.5. The van der Waals surface area contributed by atoms with E-state index in [0.29, 0.717) is 13.0 Å². The number of aromatic nitrogens is 2. The topological polar surface area (TPSA) is 55.6 Å². The molecule has 2 aromatic carbocycles. The van der Waals surface area contributed by atoms with Crippen LogP contribution in [0, 0.1) is 13.8 Å². The van der Waals surface area contributed by atoms with E-state index < -0.39 is 0 Å². The molecule has 0 unspecified atom stereocenters. The number of hydrogen-bond acceptors (Lipinski definition) is 4. The van der Waals surface area contributed by atoms with E-state index in [1.807, 2.05) is 40.2 Å². The summed E-state index contributed by atoms with van der Waals surface area (Å²) in [5.41, 5.74) is 6.42. The van der Waals surface area contributed by atoms with Gasteiger partial charge in [0.05, 0.1) is 19.2 Å². The summed E-state index contributed by atoms with van der Waals surface area (Å²) in [6.45, 7) is 4.65. The molecule has 1 amide bonds. The highest BCUT2D eigenvalue weighted by atomic mass is 35.5. The van der Waals surface area contributed by atoms with Gasteiger partial charge >= 0.3 is 0 Å². The normalized spacial score (nSPS) is 10.6. The van der Waals surface area contributed by atoms with E-state index in [4.69, 9.17) is 9.72 Å². The molecule has 0 aliphatic carbocycles. The van der Waals surface area contributed by atoms with Crippen molar-refractivity contribution in [2.24, 2.45) is 0 Å². The molecular weight excluding hydrogens is 418 g/mol. The van der Waals surface area contributed by atoms with Crippen LogP contribution in [0.3, 0.4) is 0 Å². The van der Waals surface area contributed by atoms with Gasteiger partial charge in [-0.15, -0.1) is 23.7 Å². The second-order valence-corrected chi connectivity index (χ2v) is 7.91. The van der Waals surface area contributed by atoms with E-state index in [2.05, 4.69) is 37.4 Å². The van der Waals surface area contributed by atoms with Crippen molar-refractivity contribution in [1.29, 1.82) is 0 Å². The number of methoxy groups -OCH3 is 1. The van der Waals surface area contributed by atoms with Crippen LogP contribution in [0.1, 0.15) is 22.4 Å². The number of hydrogen-bond donors (Lipinski definition) is 1. The number of carbonyl (C=O) groups is 1. The van der Waals surface area contributed by atoms with Gasteiger partial charge in [0.1, 0.15) is 5.75 Å². The minimum absolute atomic E-state index is 0. The fourth-order valence-corrected chi connectivity index (χ4v) is 4.14. The molecule has 1 N–H and O–H groups in total. The SMILES string of the molecule is COc1ccccc1CNC(=O)Cc1csc2nc(-c3ccc(C)c(C)c3)cn12.Cl. The number of imidazole rings is 1. The molecule has 7 heteroatoms. The summed E-state index contributed by atoms with van der Waals surface area (Å²) in [6.07, 6.45) is 2.32. The molecular formula is C23H24ClN3O2S. The molecule has 156 valence electrons. The van der Waals surface area contributed by atoms with Crippen LogP contribution < -0.4 is 10.1 Å². The van der Waals surface area contributed by atoms with Crippen molar-refractivity contribution in [1.82, 2.24) is 14.7 Å². The predicted octanol–water partition coefficient (Wildman–Crippen LogP) is 4.97. The molecule has 30 heavy (non-hydrogen) atoms. The van der Waals surface area contributed by atoms with Gasteiger partial charge in [-0.2, -0.15) is 0 Å². The van der Waals surface area contributed by atoms with E-state index in [1.165, 1.54) is 11.1 Å². The number of fused-ring (bicyclic) bond motifs is 1. The number of carbonyl (C=O) groups excluding carboxylic acids is 1. The molecule has 0 saturated heterocycles. The quantitative estimate of drug-likeness (QED) is 0.459. The lowest BCUT2D eigenvalue weighted by Gasteiger charge is -2.09. The van der Waals surface area contributed by atoms with Gasteiger partial charge < -0.3 is 10.1 Å². The molecule has 4 aromatic rings. The van der Waals surface area contributed by atoms with Crippen LogP contribution in [-0.2, 0) is 17.8 Å². The first kappa shape index (κ1) is 21.9. The Kier molecular flexibility index (Phi) is 6.80. The Morgan fingerprint density at radius 2 is 1.97 bits per heavy atom. The number of amides is 1. The second kappa shape index (κ2) is 9.32. The number of halogens is 1. The first-order valence-electron chi connectivity index (χ1n) is 9.47. The molecule has 0 bridgehead atoms. The number of ether oxygens (including phenoxy) is 1. The van der Waals surface area contributed by atoms with Crippen LogP contribution in [0.5, 0.6) is 5.75 Å². The lowest BCUT2D eigenvalue weighted by atomic mass is 10.0. The van der Waals surface area contributed by atoms with Crippen molar-refractivity contribution < 1.29 is 9.53 Å². The standard InChI is InChI=1S/C23H23N3O2S.ClH/c1-15-8-9-17(10-16(15)2)20-13-26-19(14-29-23(26)25-20)11-22(27)24-12-18-6-4-5-7-21(18)28-3;/h4-10,13-14H,11-12H2,1-3H3,(H,24,27);1H. The highest BCUT2D eigenvalue weighted by Gasteiger charge is 2.13. The lowest BCUT2D eigenvalue weighted by Crippen LogP contribution is -2.25. The third kappa shape index (κ3) is 4.50. The van der Waals surface area contributed by atoms with E-state index in [1.54, 1.807) is 18.4 Å². The summed E-state index contributed by atoms with van der Waals surface area (Å²) < 4.78 is 7.35. The fourth-order valence-electron chi connectivity index (χ4n) is 3.27. The Hall–Kier alpha value is -2.83. The van der Waals surface area contributed by atoms with Crippen LogP contribution >= 0.6 is 23.7 Å². The van der Waals surface area contributed by atoms with Crippen molar-refractivity contribution in [2.45, 2.75) is 26.8 Å². The molecule has 0 aliphatic heterocycles. The lowest BCUT2D eigenvalue weighted by molar-refractivity contribution is -0.120. The Bertz CT molecular complexity index is 1180. The third-order valence-electron chi connectivity index (χ3n) is 5.10. The number of aryl methyl sites for hydroxylation is 2. The first-order chi connectivity index (χ1) is 14.0. The molecule has 0 radical (unpaired) electrons. The Morgan fingerprint density at radius 3 is 2.73 bits per heavy atom. The van der Waals surface area contributed by atoms with Crippen molar-refractivity contribution in [3.8, 4) is 17.0 Å². The van der Waals surface area contributed by atoms with Crippen molar-refractivity contribution in [2.75, 3.05) is 7.11 Å². The minimum atomic E-state index is -0.0305. The molecule has 4 rings (SSSR count). The molecule has 0 saturated carbocycles. The molecule has 0 fully saturated rings. The number of rotatable bonds is 6. The second-order valence-electron chi connectivity index (χ2n) is 7.07. The zero-order valence-electron chi connectivity index (χ0n) is 17.1. The van der Waals surface area contributed by atoms with Gasteiger partial charge in [0.25, 0.3) is 0 Å². The van der Waals surface area contributed by atoms with E-state index in [0.717, 1.165) is 33.2 Å². The minimum Gasteiger partial charge on any atom is -0.496 e. The zero-order chi connectivity index (χ0) is 20.4. The summed E-state index contributed by atoms with van der Waals surface area (Å²) in [5.74, 6) is 0.746. The number of benzene rings is 2. The third-order valence-corrected chi connectivity index (χ3v) is 5.98. The zero-order valence-corrected chi connectivity index (χ0v) is 18.8. The highest BCUT2D eigenvalue weighted by molar-refractivity contribution is 7.15. The average molecular weight is 442 g/mol. The average Bonchev–Trinajstić information content (AvgIpc) is 3.30. The number of nitrogens with one attached hydrogen (secondary N) is 1. The van der Waals surface area contributed by atoms with Gasteiger partial charge in [-0.1, -0.05) is 30.3 Å². The molecule has 0 atom stereocenters. The van der Waals surface area contributed by atoms with Gasteiger partial charge in [0, 0.05) is 34.9 Å². The summed E-state index contributed by atoms with van der Waals surface area (Å²) in [7, 11) is 1.63. The molecule has 0 spiro atoms. The first-order valence-corrected chi connectivity index (χ1v) is 10.3. The molecule has 2 heterocycles. The Labute approximate surface area is 186 Å². The Morgan fingerprint density at radius 1 is 1.17 bits per heavy atom. The predicted molar refractivity (Wildman–Crippen MR) is 124 cm³/mol. The Balaban J connectivity index is 0.00000256. The van der Waals surface area contributed by atoms with Crippen LogP contribution in [-0.4, -0.2) is 22.4 Å². The number of nitrogens with zero attached hydrogens (tertiary/aromatic N) is 2. The monoisotopic (exact) mass is 441 g/mol. The van der Waals surface area contributed by atoms with Gasteiger partial charge in [0.15, 0.2) is 4.96 Å². The van der Waals surface area contributed by atoms with E-state index >= 15 is 0 Å². The summed E-state index contributed by atoms with van der Waals surface area (Å²) >= 11 is 1.55. The van der Waals surface area contributed by atoms with Gasteiger partial charge in [-0.3, -0.25) is 9.20 Å². The van der Waals surface area contributed by atoms with Gasteiger partial charge in [-0.05, 0) is 37.1 Å². The largest absolute Gasteiger partial charge is 0.496 e. The van der Waals surface area contributed by atoms with Gasteiger partial charge in [-0.25, -0.2) is 4.98 Å². The molecule has 5 nitrogen and oxygen atoms in total. The highest BCUT2D eigenvalue weighted by Crippen LogP contribution is 2.25. The van der Waals surface area contributed by atoms with Crippen molar-refractivity contribution in [3.63, 3.8) is 0 Å². The van der Waals surface area contributed by atoms with Crippen LogP contribution in [0.4, 0.5) is 0 Å². The number of para-hydroxylation sites is 1. The number of thiazole rings is 1.